The molecule has 0 fully saturated rings. The number of nitrogens with zero attached hydrogens (tertiary/aromatic N) is 1. The van der Waals surface area contributed by atoms with Crippen LogP contribution in [-0.2, 0) is 4.79 Å². The normalized spacial score (nSPS) is 18.6. The number of rotatable bonds is 3. The topological polar surface area (TPSA) is 37.4 Å². The summed E-state index contributed by atoms with van der Waals surface area (Å²) in [5.41, 5.74) is 3.42. The molecule has 140 valence electrons. The molecule has 1 amide bonds. The molecule has 0 aliphatic carbocycles. The molecule has 4 heteroatoms. The Labute approximate surface area is 171 Å². The van der Waals surface area contributed by atoms with E-state index in [4.69, 9.17) is 0 Å². The quantitative estimate of drug-likeness (QED) is 0.582. The summed E-state index contributed by atoms with van der Waals surface area (Å²) < 4.78 is 1.16. The van der Waals surface area contributed by atoms with Gasteiger partial charge in [-0.2, -0.15) is 0 Å². The van der Waals surface area contributed by atoms with Gasteiger partial charge in [0.05, 0.1) is 0 Å². The third kappa shape index (κ3) is 3.42. The number of carbonyl (C=O) groups excluding carboxylic acids is 2. The summed E-state index contributed by atoms with van der Waals surface area (Å²) in [6.07, 6.45) is 0. The van der Waals surface area contributed by atoms with Gasteiger partial charge in [-0.25, -0.2) is 0 Å². The van der Waals surface area contributed by atoms with Crippen molar-refractivity contribution in [1.29, 1.82) is 0 Å². The average Bonchev–Trinajstić information content (AvgIpc) is 2.70. The van der Waals surface area contributed by atoms with Gasteiger partial charge in [-0.05, 0) is 0 Å². The van der Waals surface area contributed by atoms with Gasteiger partial charge in [0.2, 0.25) is 0 Å². The number of hydrogen-bond acceptors (Lipinski definition) is 2. The molecule has 1 aliphatic rings. The molecule has 1 aliphatic heterocycles. The third-order valence-corrected chi connectivity index (χ3v) is 7.65. The van der Waals surface area contributed by atoms with Crippen molar-refractivity contribution >= 4 is 36.8 Å². The van der Waals surface area contributed by atoms with E-state index in [1.807, 2.05) is 78.6 Å². The summed E-state index contributed by atoms with van der Waals surface area (Å²) in [6.45, 7) is 3.57. The van der Waals surface area contributed by atoms with Crippen LogP contribution >= 0.6 is 0 Å². The first-order valence-electron chi connectivity index (χ1n) is 9.27. The minimum absolute atomic E-state index is 0.0398. The zero-order chi connectivity index (χ0) is 19.7. The number of ketones is 1. The molecule has 3 aromatic rings. The predicted molar refractivity (Wildman–Crippen MR) is 113 cm³/mol. The molecule has 0 N–H and O–H groups in total. The average molecular weight is 434 g/mol. The van der Waals surface area contributed by atoms with Crippen LogP contribution in [0.1, 0.15) is 34.5 Å². The summed E-state index contributed by atoms with van der Waals surface area (Å²) in [6, 6.07) is 25.5. The Balaban J connectivity index is 1.90. The number of fused-ring (bicyclic) bond motifs is 1. The van der Waals surface area contributed by atoms with Crippen LogP contribution in [0.4, 0.5) is 5.69 Å². The van der Waals surface area contributed by atoms with Crippen LogP contribution in [0.25, 0.3) is 0 Å². The Morgan fingerprint density at radius 3 is 2.21 bits per heavy atom. The molecule has 4 rings (SSSR count). The van der Waals surface area contributed by atoms with Gasteiger partial charge in [-0.15, -0.1) is 0 Å². The van der Waals surface area contributed by atoms with Crippen LogP contribution in [0.5, 0.6) is 0 Å². The second-order valence-corrected chi connectivity index (χ2v) is 9.53. The maximum atomic E-state index is 13.6. The molecule has 3 aromatic carbocycles. The molecule has 0 spiro atoms. The summed E-state index contributed by atoms with van der Waals surface area (Å²) >= 11 is -0.102. The first kappa shape index (κ1) is 18.7. The number of hydrogen-bond donors (Lipinski definition) is 0. The van der Waals surface area contributed by atoms with E-state index in [0.29, 0.717) is 5.56 Å². The van der Waals surface area contributed by atoms with Crippen molar-refractivity contribution < 1.29 is 9.59 Å². The van der Waals surface area contributed by atoms with Gasteiger partial charge in [-0.1, -0.05) is 0 Å². The van der Waals surface area contributed by atoms with Crippen molar-refractivity contribution in [3.63, 3.8) is 0 Å². The Morgan fingerprint density at radius 1 is 0.929 bits per heavy atom. The van der Waals surface area contributed by atoms with E-state index < -0.39 is 0 Å². The van der Waals surface area contributed by atoms with Crippen molar-refractivity contribution in [2.75, 3.05) is 4.90 Å². The first-order valence-corrected chi connectivity index (χ1v) is 11.1. The van der Waals surface area contributed by atoms with E-state index in [-0.39, 0.29) is 37.5 Å². The van der Waals surface area contributed by atoms with Gasteiger partial charge in [0.1, 0.15) is 0 Å². The maximum absolute atomic E-state index is 13.6. The molecule has 0 aromatic heterocycles. The summed E-state index contributed by atoms with van der Waals surface area (Å²) in [4.78, 5) is 27.9. The number of aryl methyl sites for hydroxylation is 1. The summed E-state index contributed by atoms with van der Waals surface area (Å²) in [5.74, 6) is 0.0901. The van der Waals surface area contributed by atoms with Crippen molar-refractivity contribution in [2.24, 2.45) is 0 Å². The van der Waals surface area contributed by atoms with E-state index in [1.165, 1.54) is 0 Å². The third-order valence-electron chi connectivity index (χ3n) is 4.99. The van der Waals surface area contributed by atoms with E-state index in [9.17, 15) is 9.59 Å². The summed E-state index contributed by atoms with van der Waals surface area (Å²) in [7, 11) is 0. The van der Waals surface area contributed by atoms with Crippen LogP contribution in [0.3, 0.4) is 0 Å². The van der Waals surface area contributed by atoms with E-state index in [1.54, 1.807) is 6.92 Å². The van der Waals surface area contributed by atoms with Gasteiger partial charge in [0, 0.05) is 0 Å². The van der Waals surface area contributed by atoms with Gasteiger partial charge in [0.25, 0.3) is 0 Å². The number of Topliss-reactive ketones (excluding diaryl/α,β-unsaturated/α-hetero) is 1. The van der Waals surface area contributed by atoms with Crippen molar-refractivity contribution in [2.45, 2.75) is 24.7 Å². The zero-order valence-corrected chi connectivity index (χ0v) is 17.5. The van der Waals surface area contributed by atoms with Crippen LogP contribution in [0.2, 0.25) is 4.82 Å². The first-order chi connectivity index (χ1) is 13.6. The molecule has 2 atom stereocenters. The molecule has 0 radical (unpaired) electrons. The number of carbonyl (C=O) groups is 2. The van der Waals surface area contributed by atoms with E-state index in [0.717, 1.165) is 21.3 Å². The van der Waals surface area contributed by atoms with Crippen LogP contribution in [0, 0.1) is 6.92 Å². The molecule has 0 saturated carbocycles. The van der Waals surface area contributed by atoms with Gasteiger partial charge in [-0.3, -0.25) is 0 Å². The second-order valence-electron chi connectivity index (χ2n) is 6.98. The molecule has 0 bridgehead atoms. The summed E-state index contributed by atoms with van der Waals surface area (Å²) in [5, 5.41) is 0. The Kier molecular flexibility index (Phi) is 5.17. The van der Waals surface area contributed by atoms with Crippen LogP contribution in [0.15, 0.2) is 78.9 Å². The molecule has 2 unspecified atom stereocenters. The monoisotopic (exact) mass is 435 g/mol. The zero-order valence-electron chi connectivity index (χ0n) is 15.8. The fourth-order valence-corrected chi connectivity index (χ4v) is 6.36. The van der Waals surface area contributed by atoms with Gasteiger partial charge in [0.15, 0.2) is 0 Å². The standard InChI is InChI=1S/C24H21NO2Se/c1-16-13-14-20-21(15-16)25(17(2)26)22(18-9-5-3-6-10-18)24(23(20)27)28-19-11-7-4-8-12-19/h3-15,22,24H,1-2H3. The molecule has 28 heavy (non-hydrogen) atoms. The molecular formula is C24H21NO2Se. The van der Waals surface area contributed by atoms with Crippen molar-refractivity contribution in [3.05, 3.63) is 95.6 Å². The van der Waals surface area contributed by atoms with Gasteiger partial charge < -0.3 is 0 Å². The molecule has 0 saturated heterocycles. The number of benzene rings is 3. The molecule has 1 heterocycles. The van der Waals surface area contributed by atoms with Crippen molar-refractivity contribution in [1.82, 2.24) is 0 Å². The number of anilines is 1. The fourth-order valence-electron chi connectivity index (χ4n) is 3.73. The van der Waals surface area contributed by atoms with Crippen LogP contribution < -0.4 is 9.36 Å². The van der Waals surface area contributed by atoms with E-state index >= 15 is 0 Å². The second kappa shape index (κ2) is 7.75. The fraction of sp³-hybridized carbons (Fsp3) is 0.167. The van der Waals surface area contributed by atoms with E-state index in [2.05, 4.69) is 12.1 Å². The Morgan fingerprint density at radius 2 is 1.57 bits per heavy atom. The predicted octanol–water partition coefficient (Wildman–Crippen LogP) is 4.10. The van der Waals surface area contributed by atoms with Crippen LogP contribution in [-0.4, -0.2) is 26.6 Å². The molecule has 3 nitrogen and oxygen atoms in total. The SMILES string of the molecule is CC(=O)N1c2cc(C)ccc2C(=O)C([Se]c2ccccc2)C1c1ccccc1. The molecular weight excluding hydrogens is 413 g/mol. The number of amides is 1. The Hall–Kier alpha value is -2.68. The van der Waals surface area contributed by atoms with Crippen molar-refractivity contribution in [3.8, 4) is 0 Å². The Bertz CT molecular complexity index is 1020. The minimum atomic E-state index is -0.291. The van der Waals surface area contributed by atoms with Gasteiger partial charge >= 0.3 is 172 Å².